The summed E-state index contributed by atoms with van der Waals surface area (Å²) in [7, 11) is 0. The van der Waals surface area contributed by atoms with Crippen LogP contribution in [0.3, 0.4) is 0 Å². The summed E-state index contributed by atoms with van der Waals surface area (Å²) in [6.07, 6.45) is 1.39. The lowest BCUT2D eigenvalue weighted by Crippen LogP contribution is -2.40. The van der Waals surface area contributed by atoms with E-state index in [4.69, 9.17) is 4.74 Å². The van der Waals surface area contributed by atoms with Crippen molar-refractivity contribution < 1.29 is 9.53 Å². The van der Waals surface area contributed by atoms with E-state index < -0.39 is 0 Å². The quantitative estimate of drug-likeness (QED) is 0.609. The van der Waals surface area contributed by atoms with Crippen molar-refractivity contribution in [3.05, 3.63) is 17.5 Å². The van der Waals surface area contributed by atoms with Gasteiger partial charge < -0.3 is 9.64 Å². The van der Waals surface area contributed by atoms with Gasteiger partial charge in [-0.05, 0) is 26.3 Å². The molecule has 2 aromatic rings. The second kappa shape index (κ2) is 7.27. The molecule has 23 heavy (non-hydrogen) atoms. The lowest BCUT2D eigenvalue weighted by molar-refractivity contribution is -0.135. The largest absolute Gasteiger partial charge is 0.378 e. The molecule has 2 aromatic heterocycles. The van der Waals surface area contributed by atoms with Crippen LogP contribution in [0.2, 0.25) is 0 Å². The zero-order valence-electron chi connectivity index (χ0n) is 13.5. The molecule has 1 aliphatic rings. The standard InChI is InChI=1S/C15H21N5O2S/c1-11-10-12(2)20-14(16-11)17-15(18-20)23-9-3-4-13(21)19-5-7-22-8-6-19/h10H,3-9H2,1-2H3. The molecular weight excluding hydrogens is 314 g/mol. The van der Waals surface area contributed by atoms with E-state index in [0.29, 0.717) is 43.7 Å². The van der Waals surface area contributed by atoms with Crippen molar-refractivity contribution in [2.24, 2.45) is 0 Å². The number of carbonyl (C=O) groups excluding carboxylic acids is 1. The van der Waals surface area contributed by atoms with Crippen molar-refractivity contribution in [1.82, 2.24) is 24.5 Å². The van der Waals surface area contributed by atoms with Crippen molar-refractivity contribution in [2.45, 2.75) is 31.8 Å². The van der Waals surface area contributed by atoms with E-state index in [1.54, 1.807) is 16.3 Å². The van der Waals surface area contributed by atoms with Gasteiger partial charge in [0.15, 0.2) is 0 Å². The fourth-order valence-electron chi connectivity index (χ4n) is 2.57. The van der Waals surface area contributed by atoms with Gasteiger partial charge in [-0.15, -0.1) is 5.10 Å². The van der Waals surface area contributed by atoms with Gasteiger partial charge in [0.25, 0.3) is 5.78 Å². The van der Waals surface area contributed by atoms with E-state index in [-0.39, 0.29) is 5.91 Å². The highest BCUT2D eigenvalue weighted by atomic mass is 32.2. The third kappa shape index (κ3) is 4.00. The number of aryl methyl sites for hydroxylation is 2. The molecule has 8 heteroatoms. The highest BCUT2D eigenvalue weighted by Gasteiger charge is 2.16. The maximum Gasteiger partial charge on any atom is 0.253 e. The van der Waals surface area contributed by atoms with Gasteiger partial charge >= 0.3 is 0 Å². The molecule has 0 radical (unpaired) electrons. The molecule has 0 atom stereocenters. The first-order valence-electron chi connectivity index (χ1n) is 7.83. The summed E-state index contributed by atoms with van der Waals surface area (Å²) in [4.78, 5) is 22.7. The van der Waals surface area contributed by atoms with Crippen LogP contribution < -0.4 is 0 Å². The van der Waals surface area contributed by atoms with E-state index in [1.807, 2.05) is 24.8 Å². The molecule has 124 valence electrons. The predicted octanol–water partition coefficient (Wildman–Crippen LogP) is 1.47. The number of carbonyl (C=O) groups is 1. The lowest BCUT2D eigenvalue weighted by Gasteiger charge is -2.26. The first-order chi connectivity index (χ1) is 11.1. The number of rotatable bonds is 5. The molecule has 7 nitrogen and oxygen atoms in total. The number of hydrogen-bond acceptors (Lipinski definition) is 6. The van der Waals surface area contributed by atoms with Crippen LogP contribution in [0.15, 0.2) is 11.2 Å². The molecule has 0 N–H and O–H groups in total. The fourth-order valence-corrected chi connectivity index (χ4v) is 3.32. The zero-order valence-corrected chi connectivity index (χ0v) is 14.3. The molecule has 0 spiro atoms. The molecule has 0 unspecified atom stereocenters. The summed E-state index contributed by atoms with van der Waals surface area (Å²) < 4.78 is 7.02. The molecule has 0 aliphatic carbocycles. The number of hydrogen-bond donors (Lipinski definition) is 0. The Bertz CT molecular complexity index is 696. The average Bonchev–Trinajstić information content (AvgIpc) is 2.95. The predicted molar refractivity (Wildman–Crippen MR) is 87.6 cm³/mol. The van der Waals surface area contributed by atoms with Gasteiger partial charge in [-0.1, -0.05) is 11.8 Å². The molecule has 1 saturated heterocycles. The minimum Gasteiger partial charge on any atom is -0.378 e. The topological polar surface area (TPSA) is 72.6 Å². The molecule has 1 aliphatic heterocycles. The van der Waals surface area contributed by atoms with E-state index >= 15 is 0 Å². The highest BCUT2D eigenvalue weighted by Crippen LogP contribution is 2.17. The summed E-state index contributed by atoms with van der Waals surface area (Å²) in [5, 5.41) is 5.17. The Hall–Kier alpha value is -1.67. The third-order valence-electron chi connectivity index (χ3n) is 3.73. The van der Waals surface area contributed by atoms with Gasteiger partial charge in [-0.25, -0.2) is 9.50 Å². The van der Waals surface area contributed by atoms with Crippen LogP contribution in [-0.4, -0.2) is 62.4 Å². The van der Waals surface area contributed by atoms with Crippen molar-refractivity contribution in [3.63, 3.8) is 0 Å². The van der Waals surface area contributed by atoms with Crippen LogP contribution in [-0.2, 0) is 9.53 Å². The molecular formula is C15H21N5O2S. The van der Waals surface area contributed by atoms with Crippen LogP contribution in [0, 0.1) is 13.8 Å². The SMILES string of the molecule is Cc1cc(C)n2nc(SCCCC(=O)N3CCOCC3)nc2n1. The second-order valence-corrected chi connectivity index (χ2v) is 6.65. The van der Waals surface area contributed by atoms with Gasteiger partial charge in [0.05, 0.1) is 13.2 Å². The van der Waals surface area contributed by atoms with Gasteiger partial charge in [-0.2, -0.15) is 4.98 Å². The fraction of sp³-hybridized carbons (Fsp3) is 0.600. The maximum absolute atomic E-state index is 12.0. The van der Waals surface area contributed by atoms with Gasteiger partial charge in [-0.3, -0.25) is 4.79 Å². The Morgan fingerprint density at radius 3 is 2.87 bits per heavy atom. The maximum atomic E-state index is 12.0. The summed E-state index contributed by atoms with van der Waals surface area (Å²) in [5.74, 6) is 1.67. The monoisotopic (exact) mass is 335 g/mol. The van der Waals surface area contributed by atoms with Crippen molar-refractivity contribution >= 4 is 23.4 Å². The number of nitrogens with zero attached hydrogens (tertiary/aromatic N) is 5. The van der Waals surface area contributed by atoms with Crippen LogP contribution >= 0.6 is 11.8 Å². The Labute approximate surface area is 139 Å². The van der Waals surface area contributed by atoms with Crippen LogP contribution in [0.5, 0.6) is 0 Å². The Morgan fingerprint density at radius 2 is 2.09 bits per heavy atom. The number of thioether (sulfide) groups is 1. The summed E-state index contributed by atoms with van der Waals surface area (Å²) >= 11 is 1.57. The molecule has 3 rings (SSSR count). The van der Waals surface area contributed by atoms with E-state index in [0.717, 1.165) is 23.6 Å². The summed E-state index contributed by atoms with van der Waals surface area (Å²) in [5.41, 5.74) is 1.96. The zero-order chi connectivity index (χ0) is 16.2. The molecule has 3 heterocycles. The normalized spacial score (nSPS) is 15.3. The summed E-state index contributed by atoms with van der Waals surface area (Å²) in [6, 6.07) is 1.98. The van der Waals surface area contributed by atoms with Crippen molar-refractivity contribution in [1.29, 1.82) is 0 Å². The van der Waals surface area contributed by atoms with Crippen LogP contribution in [0.25, 0.3) is 5.78 Å². The molecule has 1 amide bonds. The van der Waals surface area contributed by atoms with E-state index in [9.17, 15) is 4.79 Å². The first-order valence-corrected chi connectivity index (χ1v) is 8.81. The number of ether oxygens (including phenoxy) is 1. The van der Waals surface area contributed by atoms with Crippen LogP contribution in [0.1, 0.15) is 24.2 Å². The average molecular weight is 335 g/mol. The minimum atomic E-state index is 0.213. The lowest BCUT2D eigenvalue weighted by atomic mass is 10.3. The van der Waals surface area contributed by atoms with E-state index in [1.165, 1.54) is 0 Å². The third-order valence-corrected chi connectivity index (χ3v) is 4.65. The number of amides is 1. The summed E-state index contributed by atoms with van der Waals surface area (Å²) in [6.45, 7) is 6.67. The Morgan fingerprint density at radius 1 is 1.30 bits per heavy atom. The first kappa shape index (κ1) is 16.2. The van der Waals surface area contributed by atoms with Crippen molar-refractivity contribution in [2.75, 3.05) is 32.1 Å². The second-order valence-electron chi connectivity index (χ2n) is 5.59. The highest BCUT2D eigenvalue weighted by molar-refractivity contribution is 7.99. The molecule has 0 aromatic carbocycles. The minimum absolute atomic E-state index is 0.213. The van der Waals surface area contributed by atoms with Gasteiger partial charge in [0, 0.05) is 36.7 Å². The van der Waals surface area contributed by atoms with Crippen molar-refractivity contribution in [3.8, 4) is 0 Å². The molecule has 0 saturated carbocycles. The Kier molecular flexibility index (Phi) is 5.12. The van der Waals surface area contributed by atoms with Gasteiger partial charge in [0.1, 0.15) is 0 Å². The Balaban J connectivity index is 1.49. The molecule has 1 fully saturated rings. The van der Waals surface area contributed by atoms with Crippen LogP contribution in [0.4, 0.5) is 0 Å². The van der Waals surface area contributed by atoms with E-state index in [2.05, 4.69) is 15.1 Å². The number of aromatic nitrogens is 4. The number of morpholine rings is 1. The smallest absolute Gasteiger partial charge is 0.253 e. The molecule has 0 bridgehead atoms. The van der Waals surface area contributed by atoms with Gasteiger partial charge in [0.2, 0.25) is 11.1 Å². The number of fused-ring (bicyclic) bond motifs is 1.